The van der Waals surface area contributed by atoms with Gasteiger partial charge in [0, 0.05) is 4.90 Å². The van der Waals surface area contributed by atoms with E-state index in [1.807, 2.05) is 6.92 Å². The second-order valence-corrected chi connectivity index (χ2v) is 7.22. The summed E-state index contributed by atoms with van der Waals surface area (Å²) >= 11 is -0.200. The molecule has 168 valence electrons. The van der Waals surface area contributed by atoms with E-state index in [0.717, 1.165) is 6.42 Å². The van der Waals surface area contributed by atoms with E-state index in [2.05, 4.69) is 15.0 Å². The van der Waals surface area contributed by atoms with Crippen molar-refractivity contribution >= 4 is 23.0 Å². The first-order valence-corrected chi connectivity index (χ1v) is 10.1. The van der Waals surface area contributed by atoms with E-state index in [-0.39, 0.29) is 45.8 Å². The Bertz CT molecular complexity index is 1120. The molecule has 0 bridgehead atoms. The zero-order valence-corrected chi connectivity index (χ0v) is 17.5. The van der Waals surface area contributed by atoms with E-state index in [1.54, 1.807) is 18.2 Å². The van der Waals surface area contributed by atoms with Crippen LogP contribution in [0.15, 0.2) is 70.3 Å². The molecule has 0 aliphatic heterocycles. The molecule has 0 atom stereocenters. The first-order valence-electron chi connectivity index (χ1n) is 9.32. The highest BCUT2D eigenvalue weighted by Crippen LogP contribution is 2.37. The Labute approximate surface area is 184 Å². The van der Waals surface area contributed by atoms with E-state index >= 15 is 0 Å². The summed E-state index contributed by atoms with van der Waals surface area (Å²) in [5.74, 6) is 0.328. The topological polar surface area (TPSA) is 70.3 Å². The van der Waals surface area contributed by atoms with E-state index in [0.29, 0.717) is 12.1 Å². The fraction of sp³-hybridized carbons (Fsp3) is 0.190. The lowest BCUT2D eigenvalue weighted by Crippen LogP contribution is -2.01. The Hall–Kier alpha value is -3.34. The zero-order chi connectivity index (χ0) is 23.0. The van der Waals surface area contributed by atoms with Gasteiger partial charge in [-0.3, -0.25) is 0 Å². The molecule has 0 aliphatic carbocycles. The largest absolute Gasteiger partial charge is 0.476 e. The van der Waals surface area contributed by atoms with Gasteiger partial charge in [0.05, 0.1) is 6.61 Å². The van der Waals surface area contributed by atoms with Crippen LogP contribution in [0.5, 0.6) is 17.6 Å². The van der Waals surface area contributed by atoms with Crippen LogP contribution < -0.4 is 9.47 Å². The number of aromatic nitrogens is 3. The average Bonchev–Trinajstić information content (AvgIpc) is 3.22. The molecule has 0 saturated heterocycles. The highest BCUT2D eigenvalue weighted by Gasteiger charge is 2.29. The average molecular weight is 467 g/mol. The Morgan fingerprint density at radius 2 is 1.72 bits per heavy atom. The molecule has 0 amide bonds. The maximum Gasteiger partial charge on any atom is 0.446 e. The summed E-state index contributed by atoms with van der Waals surface area (Å²) in [6, 6.07) is 13.3. The fourth-order valence-electron chi connectivity index (χ4n) is 2.29. The van der Waals surface area contributed by atoms with Crippen molar-refractivity contribution in [2.24, 2.45) is 0 Å². The van der Waals surface area contributed by atoms with Crippen molar-refractivity contribution in [1.29, 1.82) is 0 Å². The number of oxazole rings is 1. The standard InChI is InChI=1S/C15H12F3N3O3S.C6H5F/c1-2-7-22-12-11-13(23-8-19-11)21-14(20-12)24-9-3-5-10(6-4-9)25-15(16,17)18;7-6-4-2-1-3-5-6/h3-6,8H,2,7H2,1H3;1-5H. The van der Waals surface area contributed by atoms with Crippen LogP contribution in [0.25, 0.3) is 11.2 Å². The molecule has 11 heteroatoms. The van der Waals surface area contributed by atoms with Gasteiger partial charge in [-0.15, -0.1) is 0 Å². The summed E-state index contributed by atoms with van der Waals surface area (Å²) in [6.45, 7) is 2.38. The predicted octanol–water partition coefficient (Wildman–Crippen LogP) is 6.64. The number of hydrogen-bond donors (Lipinski definition) is 0. The van der Waals surface area contributed by atoms with Crippen LogP contribution in [0, 0.1) is 5.82 Å². The van der Waals surface area contributed by atoms with Crippen molar-refractivity contribution in [3.8, 4) is 17.6 Å². The number of rotatable bonds is 6. The van der Waals surface area contributed by atoms with Gasteiger partial charge >= 0.3 is 11.5 Å². The minimum absolute atomic E-state index is 0.0495. The Morgan fingerprint density at radius 3 is 2.31 bits per heavy atom. The summed E-state index contributed by atoms with van der Waals surface area (Å²) in [7, 11) is 0. The Morgan fingerprint density at radius 1 is 1.00 bits per heavy atom. The summed E-state index contributed by atoms with van der Waals surface area (Å²) in [6.07, 6.45) is 1.99. The maximum absolute atomic E-state index is 12.3. The molecule has 4 rings (SSSR count). The molecule has 2 heterocycles. The molecular weight excluding hydrogens is 450 g/mol. The van der Waals surface area contributed by atoms with Crippen molar-refractivity contribution in [3.05, 3.63) is 66.8 Å². The summed E-state index contributed by atoms with van der Waals surface area (Å²) in [5, 5.41) is 0. The predicted molar refractivity (Wildman–Crippen MR) is 110 cm³/mol. The fourth-order valence-corrected chi connectivity index (χ4v) is 2.83. The van der Waals surface area contributed by atoms with E-state index in [9.17, 15) is 17.6 Å². The molecule has 2 aromatic carbocycles. The molecule has 0 unspecified atom stereocenters. The van der Waals surface area contributed by atoms with Crippen molar-refractivity contribution < 1.29 is 31.5 Å². The zero-order valence-electron chi connectivity index (χ0n) is 16.7. The lowest BCUT2D eigenvalue weighted by molar-refractivity contribution is -0.0328. The monoisotopic (exact) mass is 467 g/mol. The third kappa shape index (κ3) is 7.12. The van der Waals surface area contributed by atoms with Crippen molar-refractivity contribution in [2.45, 2.75) is 23.7 Å². The van der Waals surface area contributed by atoms with Crippen LogP contribution in [0.3, 0.4) is 0 Å². The quantitative estimate of drug-likeness (QED) is 0.233. The lowest BCUT2D eigenvalue weighted by atomic mass is 10.3. The molecule has 6 nitrogen and oxygen atoms in total. The first-order chi connectivity index (χ1) is 15.3. The van der Waals surface area contributed by atoms with Crippen LogP contribution in [-0.4, -0.2) is 27.1 Å². The van der Waals surface area contributed by atoms with Gasteiger partial charge in [0.25, 0.3) is 5.71 Å². The second kappa shape index (κ2) is 10.8. The highest BCUT2D eigenvalue weighted by atomic mass is 32.2. The normalized spacial score (nSPS) is 11.0. The number of nitrogens with zero attached hydrogens (tertiary/aromatic N) is 3. The molecule has 0 N–H and O–H groups in total. The smallest absolute Gasteiger partial charge is 0.446 e. The van der Waals surface area contributed by atoms with Crippen LogP contribution >= 0.6 is 11.8 Å². The minimum Gasteiger partial charge on any atom is -0.476 e. The van der Waals surface area contributed by atoms with Gasteiger partial charge in [0.15, 0.2) is 11.9 Å². The number of thioether (sulfide) groups is 1. The number of halogens is 4. The molecule has 0 fully saturated rings. The van der Waals surface area contributed by atoms with Gasteiger partial charge in [-0.25, -0.2) is 9.37 Å². The van der Waals surface area contributed by atoms with Gasteiger partial charge in [0.2, 0.25) is 5.88 Å². The van der Waals surface area contributed by atoms with Gasteiger partial charge < -0.3 is 13.9 Å². The summed E-state index contributed by atoms with van der Waals surface area (Å²) in [4.78, 5) is 12.2. The number of hydrogen-bond acceptors (Lipinski definition) is 7. The van der Waals surface area contributed by atoms with Crippen molar-refractivity contribution in [1.82, 2.24) is 15.0 Å². The number of ether oxygens (including phenoxy) is 2. The summed E-state index contributed by atoms with van der Waals surface area (Å²) in [5.41, 5.74) is -3.77. The van der Waals surface area contributed by atoms with Gasteiger partial charge in [-0.05, 0) is 54.6 Å². The van der Waals surface area contributed by atoms with Gasteiger partial charge in [0.1, 0.15) is 11.6 Å². The highest BCUT2D eigenvalue weighted by molar-refractivity contribution is 8.00. The van der Waals surface area contributed by atoms with Crippen LogP contribution in [0.4, 0.5) is 17.6 Å². The number of benzene rings is 2. The Balaban J connectivity index is 0.000000352. The van der Waals surface area contributed by atoms with E-state index in [1.165, 1.54) is 42.8 Å². The van der Waals surface area contributed by atoms with E-state index < -0.39 is 5.51 Å². The first kappa shape index (κ1) is 23.3. The van der Waals surface area contributed by atoms with Gasteiger partial charge in [-0.2, -0.15) is 23.1 Å². The third-order valence-corrected chi connectivity index (χ3v) is 4.33. The minimum atomic E-state index is -4.34. The summed E-state index contributed by atoms with van der Waals surface area (Å²) < 4.78 is 65.0. The third-order valence-electron chi connectivity index (χ3n) is 3.59. The molecule has 0 aliphatic rings. The Kier molecular flexibility index (Phi) is 7.87. The van der Waals surface area contributed by atoms with Crippen LogP contribution in [0.2, 0.25) is 0 Å². The van der Waals surface area contributed by atoms with Crippen LogP contribution in [0.1, 0.15) is 13.3 Å². The molecule has 2 aromatic heterocycles. The van der Waals surface area contributed by atoms with Crippen molar-refractivity contribution in [2.75, 3.05) is 6.61 Å². The maximum atomic E-state index is 12.3. The molecule has 4 aromatic rings. The molecule has 0 radical (unpaired) electrons. The molecule has 32 heavy (non-hydrogen) atoms. The SMILES string of the molecule is CCCOc1nc(Oc2ccc(SC(F)(F)F)cc2)nc2ocnc12.Fc1ccccc1. The molecular formula is C21H17F4N3O3S. The number of fused-ring (bicyclic) bond motifs is 1. The van der Waals surface area contributed by atoms with Crippen molar-refractivity contribution in [3.63, 3.8) is 0 Å². The van der Waals surface area contributed by atoms with Crippen LogP contribution in [-0.2, 0) is 0 Å². The lowest BCUT2D eigenvalue weighted by Gasteiger charge is -2.08. The second-order valence-electron chi connectivity index (χ2n) is 6.08. The van der Waals surface area contributed by atoms with E-state index in [4.69, 9.17) is 13.9 Å². The number of alkyl halides is 3. The van der Waals surface area contributed by atoms with Gasteiger partial charge in [-0.1, -0.05) is 25.1 Å². The molecule has 0 spiro atoms. The molecule has 0 saturated carbocycles.